The van der Waals surface area contributed by atoms with Gasteiger partial charge >= 0.3 is 0 Å². The minimum absolute atomic E-state index is 0.772. The molecule has 0 aromatic heterocycles. The predicted molar refractivity (Wildman–Crippen MR) is 150 cm³/mol. The third-order valence-electron chi connectivity index (χ3n) is 6.06. The lowest BCUT2D eigenvalue weighted by Crippen LogP contribution is -2.08. The number of rotatable bonds is 14. The van der Waals surface area contributed by atoms with E-state index in [4.69, 9.17) is 0 Å². The van der Waals surface area contributed by atoms with Crippen LogP contribution in [0.2, 0.25) is 0 Å². The van der Waals surface area contributed by atoms with E-state index in [1.807, 2.05) is 6.92 Å². The zero-order chi connectivity index (χ0) is 24.6. The molecule has 2 atom stereocenters. The van der Waals surface area contributed by atoms with Crippen molar-refractivity contribution in [3.05, 3.63) is 89.8 Å². The Bertz CT molecular complexity index is 863. The second-order valence-electron chi connectivity index (χ2n) is 9.11. The quantitative estimate of drug-likeness (QED) is 0.223. The van der Waals surface area contributed by atoms with Crippen LogP contribution in [0.1, 0.15) is 79.7 Å². The van der Waals surface area contributed by atoms with Crippen molar-refractivity contribution in [2.75, 3.05) is 5.32 Å². The van der Waals surface area contributed by atoms with Crippen LogP contribution in [0.25, 0.3) is 0 Å². The monoisotopic (exact) mass is 446 g/mol. The van der Waals surface area contributed by atoms with Crippen molar-refractivity contribution in [2.45, 2.75) is 80.6 Å². The maximum absolute atomic E-state index is 4.41. The highest BCUT2D eigenvalue weighted by Crippen LogP contribution is 2.21. The summed E-state index contributed by atoms with van der Waals surface area (Å²) >= 11 is 0. The number of allylic oxidation sites excluding steroid dienone is 8. The minimum Gasteiger partial charge on any atom is -0.354 e. The SMILES string of the molecule is C=CN=C(C)\C(=C/C=C(C)/C(/C=C\C)=C/CC)Nc1ccc(CCC(C)CC(C)CC)cc1. The Morgan fingerprint density at radius 3 is 2.33 bits per heavy atom. The highest BCUT2D eigenvalue weighted by Gasteiger charge is 2.08. The molecule has 1 aromatic rings. The summed E-state index contributed by atoms with van der Waals surface area (Å²) in [4.78, 5) is 4.41. The maximum atomic E-state index is 4.41. The molecule has 0 aliphatic rings. The third-order valence-corrected chi connectivity index (χ3v) is 6.06. The number of nitrogens with one attached hydrogen (secondary N) is 1. The molecule has 0 heterocycles. The van der Waals surface area contributed by atoms with Crippen LogP contribution >= 0.6 is 0 Å². The molecule has 0 radical (unpaired) electrons. The molecule has 0 fully saturated rings. The molecular formula is C31H46N2. The second-order valence-corrected chi connectivity index (χ2v) is 9.11. The number of aliphatic imine (C=N–C) groups is 1. The maximum Gasteiger partial charge on any atom is 0.0606 e. The van der Waals surface area contributed by atoms with E-state index in [0.29, 0.717) is 0 Å². The van der Waals surface area contributed by atoms with Crippen LogP contribution in [-0.4, -0.2) is 5.71 Å². The van der Waals surface area contributed by atoms with Crippen LogP contribution < -0.4 is 5.32 Å². The summed E-state index contributed by atoms with van der Waals surface area (Å²) in [6.45, 7) is 19.1. The first-order valence-electron chi connectivity index (χ1n) is 12.6. The summed E-state index contributed by atoms with van der Waals surface area (Å²) in [5.41, 5.74) is 6.82. The first-order chi connectivity index (χ1) is 15.8. The molecule has 0 spiro atoms. The molecular weight excluding hydrogens is 400 g/mol. The van der Waals surface area contributed by atoms with Crippen LogP contribution in [0, 0.1) is 11.8 Å². The number of hydrogen-bond acceptors (Lipinski definition) is 2. The first-order valence-corrected chi connectivity index (χ1v) is 12.6. The Labute approximate surface area is 204 Å². The highest BCUT2D eigenvalue weighted by atomic mass is 14.9. The van der Waals surface area contributed by atoms with Crippen LogP contribution in [0.3, 0.4) is 0 Å². The topological polar surface area (TPSA) is 24.4 Å². The standard InChI is InChI=1S/C31H46N2/c1-9-13-29(14-10-2)26(7)16-22-31(27(8)32-12-4)33-30-20-18-28(19-21-30)17-15-25(6)23-24(5)11-3/h9,12-14,16,18-22,24-25,33H,4,10-11,15,17,23H2,1-3,5-8H3/b13-9-,26-16+,29-14+,31-22+,32-27?. The van der Waals surface area contributed by atoms with Gasteiger partial charge in [0, 0.05) is 11.9 Å². The molecule has 0 saturated carbocycles. The van der Waals surface area contributed by atoms with Gasteiger partial charge in [0.05, 0.1) is 11.4 Å². The summed E-state index contributed by atoms with van der Waals surface area (Å²) < 4.78 is 0. The van der Waals surface area contributed by atoms with Crippen molar-refractivity contribution in [1.82, 2.24) is 0 Å². The van der Waals surface area contributed by atoms with E-state index in [1.54, 1.807) is 6.20 Å². The number of hydrogen-bond donors (Lipinski definition) is 1. The van der Waals surface area contributed by atoms with Gasteiger partial charge in [0.2, 0.25) is 0 Å². The van der Waals surface area contributed by atoms with Crippen LogP contribution in [0.15, 0.2) is 89.3 Å². The van der Waals surface area contributed by atoms with E-state index < -0.39 is 0 Å². The smallest absolute Gasteiger partial charge is 0.0606 e. The minimum atomic E-state index is 0.772. The molecule has 0 aliphatic heterocycles. The van der Waals surface area contributed by atoms with Crippen LogP contribution in [0.5, 0.6) is 0 Å². The van der Waals surface area contributed by atoms with E-state index in [-0.39, 0.29) is 0 Å². The number of aryl methyl sites for hydroxylation is 1. The lowest BCUT2D eigenvalue weighted by molar-refractivity contribution is 0.387. The van der Waals surface area contributed by atoms with Crippen molar-refractivity contribution in [3.63, 3.8) is 0 Å². The molecule has 1 N–H and O–H groups in total. The van der Waals surface area contributed by atoms with Gasteiger partial charge in [-0.25, -0.2) is 0 Å². The van der Waals surface area contributed by atoms with Gasteiger partial charge in [-0.3, -0.25) is 4.99 Å². The van der Waals surface area contributed by atoms with Crippen LogP contribution in [0.4, 0.5) is 5.69 Å². The average molecular weight is 447 g/mol. The molecule has 0 saturated heterocycles. The first kappa shape index (κ1) is 28.4. The molecule has 33 heavy (non-hydrogen) atoms. The molecule has 2 heteroatoms. The van der Waals surface area contributed by atoms with Gasteiger partial charge in [-0.2, -0.15) is 0 Å². The fourth-order valence-corrected chi connectivity index (χ4v) is 3.82. The van der Waals surface area contributed by atoms with E-state index in [2.05, 4.69) is 113 Å². The Morgan fingerprint density at radius 2 is 1.76 bits per heavy atom. The highest BCUT2D eigenvalue weighted by molar-refractivity contribution is 6.01. The van der Waals surface area contributed by atoms with E-state index in [0.717, 1.165) is 41.8 Å². The van der Waals surface area contributed by atoms with E-state index in [1.165, 1.54) is 36.0 Å². The molecule has 0 aliphatic carbocycles. The molecule has 0 amide bonds. The van der Waals surface area contributed by atoms with Crippen molar-refractivity contribution in [2.24, 2.45) is 16.8 Å². The fraction of sp³-hybridized carbons (Fsp3) is 0.452. The molecule has 0 bridgehead atoms. The summed E-state index contributed by atoms with van der Waals surface area (Å²) in [6.07, 6.45) is 18.3. The van der Waals surface area contributed by atoms with Crippen molar-refractivity contribution < 1.29 is 0 Å². The lowest BCUT2D eigenvalue weighted by atomic mass is 9.91. The van der Waals surface area contributed by atoms with E-state index in [9.17, 15) is 0 Å². The lowest BCUT2D eigenvalue weighted by Gasteiger charge is -2.16. The number of anilines is 1. The molecule has 2 nitrogen and oxygen atoms in total. The summed E-state index contributed by atoms with van der Waals surface area (Å²) in [5.74, 6) is 1.59. The number of benzene rings is 1. The van der Waals surface area contributed by atoms with Crippen molar-refractivity contribution >= 4 is 11.4 Å². The third kappa shape index (κ3) is 11.2. The zero-order valence-corrected chi connectivity index (χ0v) is 22.1. The Balaban J connectivity index is 2.96. The Morgan fingerprint density at radius 1 is 1.06 bits per heavy atom. The van der Waals surface area contributed by atoms with Gasteiger partial charge in [0.1, 0.15) is 0 Å². The van der Waals surface area contributed by atoms with Crippen LogP contribution in [-0.2, 0) is 6.42 Å². The van der Waals surface area contributed by atoms with Gasteiger partial charge in [-0.1, -0.05) is 77.1 Å². The Hall–Kier alpha value is -2.61. The van der Waals surface area contributed by atoms with Gasteiger partial charge in [0.25, 0.3) is 0 Å². The van der Waals surface area contributed by atoms with Gasteiger partial charge in [0.15, 0.2) is 0 Å². The normalized spacial score (nSPS) is 15.6. The molecule has 1 aromatic carbocycles. The largest absolute Gasteiger partial charge is 0.354 e. The summed E-state index contributed by atoms with van der Waals surface area (Å²) in [7, 11) is 0. The molecule has 1 rings (SSSR count). The van der Waals surface area contributed by atoms with Gasteiger partial charge in [-0.15, -0.1) is 0 Å². The number of nitrogens with zero attached hydrogens (tertiary/aromatic N) is 1. The van der Waals surface area contributed by atoms with Gasteiger partial charge in [-0.05, 0) is 93.2 Å². The molecule has 180 valence electrons. The van der Waals surface area contributed by atoms with Gasteiger partial charge < -0.3 is 5.32 Å². The average Bonchev–Trinajstić information content (AvgIpc) is 2.80. The Kier molecular flexibility index (Phi) is 13.8. The summed E-state index contributed by atoms with van der Waals surface area (Å²) in [5, 5.41) is 3.55. The second kappa shape index (κ2) is 16.1. The summed E-state index contributed by atoms with van der Waals surface area (Å²) in [6, 6.07) is 8.82. The predicted octanol–water partition coefficient (Wildman–Crippen LogP) is 9.45. The fourth-order valence-electron chi connectivity index (χ4n) is 3.82. The zero-order valence-electron chi connectivity index (χ0n) is 22.1. The van der Waals surface area contributed by atoms with Crippen molar-refractivity contribution in [3.8, 4) is 0 Å². The van der Waals surface area contributed by atoms with E-state index >= 15 is 0 Å². The van der Waals surface area contributed by atoms with Crippen molar-refractivity contribution in [1.29, 1.82) is 0 Å². The molecule has 2 unspecified atom stereocenters.